The molecule has 2 fully saturated rings. The minimum absolute atomic E-state index is 0.0118. The lowest BCUT2D eigenvalue weighted by Crippen LogP contribution is -2.61. The average molecular weight is 405 g/mol. The molecule has 1 aromatic carbocycles. The van der Waals surface area contributed by atoms with Gasteiger partial charge in [-0.25, -0.2) is 9.18 Å². The highest BCUT2D eigenvalue weighted by atomic mass is 19.1. The van der Waals surface area contributed by atoms with Crippen LogP contribution < -0.4 is 5.32 Å². The van der Waals surface area contributed by atoms with Crippen molar-refractivity contribution in [1.82, 2.24) is 20.0 Å². The Kier molecular flexibility index (Phi) is 6.77. The second-order valence-corrected chi connectivity index (χ2v) is 8.76. The van der Waals surface area contributed by atoms with Crippen molar-refractivity contribution in [1.29, 1.82) is 0 Å². The molecule has 0 aliphatic carbocycles. The normalized spacial score (nSPS) is 21.8. The van der Waals surface area contributed by atoms with E-state index >= 15 is 0 Å². The van der Waals surface area contributed by atoms with Gasteiger partial charge in [-0.3, -0.25) is 4.79 Å². The maximum Gasteiger partial charge on any atom is 0.316 e. The quantitative estimate of drug-likeness (QED) is 0.838. The predicted molar refractivity (Wildman–Crippen MR) is 111 cm³/mol. The van der Waals surface area contributed by atoms with Gasteiger partial charge in [-0.1, -0.05) is 12.1 Å². The zero-order valence-corrected chi connectivity index (χ0v) is 17.8. The van der Waals surface area contributed by atoms with Gasteiger partial charge in [-0.2, -0.15) is 0 Å². The molecular weight excluding hydrogens is 371 g/mol. The topological polar surface area (TPSA) is 55.9 Å². The molecule has 0 aromatic heterocycles. The monoisotopic (exact) mass is 404 g/mol. The van der Waals surface area contributed by atoms with E-state index in [4.69, 9.17) is 0 Å². The maximum atomic E-state index is 13.6. The van der Waals surface area contributed by atoms with Crippen LogP contribution in [0.25, 0.3) is 0 Å². The largest absolute Gasteiger partial charge is 0.337 e. The lowest BCUT2D eigenvalue weighted by molar-refractivity contribution is -0.140. The number of amides is 3. The Morgan fingerprint density at radius 3 is 2.59 bits per heavy atom. The summed E-state index contributed by atoms with van der Waals surface area (Å²) >= 11 is 0. The molecule has 6 nitrogen and oxygen atoms in total. The summed E-state index contributed by atoms with van der Waals surface area (Å²) < 4.78 is 13.6. The second kappa shape index (κ2) is 9.11. The van der Waals surface area contributed by atoms with Crippen LogP contribution in [0.2, 0.25) is 0 Å². The third kappa shape index (κ3) is 5.07. The number of rotatable bonds is 4. The Hall–Kier alpha value is -2.15. The molecule has 1 N–H and O–H groups in total. The van der Waals surface area contributed by atoms with Gasteiger partial charge in [0.05, 0.1) is 12.5 Å². The van der Waals surface area contributed by atoms with Crippen LogP contribution in [0.4, 0.5) is 9.18 Å². The summed E-state index contributed by atoms with van der Waals surface area (Å²) in [4.78, 5) is 31.2. The van der Waals surface area contributed by atoms with Crippen molar-refractivity contribution in [2.24, 2.45) is 5.41 Å². The molecule has 29 heavy (non-hydrogen) atoms. The summed E-state index contributed by atoms with van der Waals surface area (Å²) in [6.45, 7) is 3.15. The number of carbonyl (C=O) groups excluding carboxylic acids is 2. The van der Waals surface area contributed by atoms with E-state index in [-0.39, 0.29) is 35.6 Å². The summed E-state index contributed by atoms with van der Waals surface area (Å²) in [5, 5.41) is 3.01. The van der Waals surface area contributed by atoms with E-state index in [0.717, 1.165) is 38.8 Å². The van der Waals surface area contributed by atoms with Crippen LogP contribution in [-0.4, -0.2) is 80.0 Å². The molecule has 2 heterocycles. The number of hydrogen-bond acceptors (Lipinski definition) is 3. The maximum absolute atomic E-state index is 13.6. The summed E-state index contributed by atoms with van der Waals surface area (Å²) in [6, 6.07) is 6.07. The first-order valence-electron chi connectivity index (χ1n) is 10.5. The summed E-state index contributed by atoms with van der Waals surface area (Å²) in [7, 11) is 5.56. The van der Waals surface area contributed by atoms with Crippen LogP contribution in [-0.2, 0) is 11.2 Å². The third-order valence-corrected chi connectivity index (χ3v) is 6.56. The van der Waals surface area contributed by atoms with Gasteiger partial charge in [-0.15, -0.1) is 0 Å². The standard InChI is InChI=1S/C22H33FN4O2/c1-25(2)21(29)24-16-19-22(9-12-26(3)13-10-22)8-5-11-27(19)20(28)15-17-6-4-7-18(23)14-17/h4,6-7,14,19H,5,8-13,15-16H2,1-3H3,(H,24,29)/t19-/m1/s1. The van der Waals surface area contributed by atoms with Crippen molar-refractivity contribution in [2.75, 3.05) is 47.3 Å². The highest BCUT2D eigenvalue weighted by Crippen LogP contribution is 2.44. The molecule has 0 radical (unpaired) electrons. The zero-order valence-electron chi connectivity index (χ0n) is 17.8. The van der Waals surface area contributed by atoms with Gasteiger partial charge in [0.15, 0.2) is 0 Å². The van der Waals surface area contributed by atoms with Crippen molar-refractivity contribution >= 4 is 11.9 Å². The van der Waals surface area contributed by atoms with Crippen molar-refractivity contribution < 1.29 is 14.0 Å². The van der Waals surface area contributed by atoms with Gasteiger partial charge in [0.2, 0.25) is 5.91 Å². The highest BCUT2D eigenvalue weighted by Gasteiger charge is 2.47. The summed E-state index contributed by atoms with van der Waals surface area (Å²) in [5.41, 5.74) is 0.719. The van der Waals surface area contributed by atoms with Gasteiger partial charge in [0.25, 0.3) is 0 Å². The Morgan fingerprint density at radius 1 is 1.21 bits per heavy atom. The van der Waals surface area contributed by atoms with Gasteiger partial charge in [0.1, 0.15) is 5.82 Å². The van der Waals surface area contributed by atoms with E-state index in [0.29, 0.717) is 18.7 Å². The number of piperidine rings is 2. The van der Waals surface area contributed by atoms with Crippen molar-refractivity contribution in [3.05, 3.63) is 35.6 Å². The Bertz CT molecular complexity index is 731. The third-order valence-electron chi connectivity index (χ3n) is 6.56. The molecule has 2 aliphatic heterocycles. The molecule has 1 spiro atoms. The molecule has 0 bridgehead atoms. The van der Waals surface area contributed by atoms with Gasteiger partial charge in [0, 0.05) is 27.2 Å². The van der Waals surface area contributed by atoms with Gasteiger partial charge >= 0.3 is 6.03 Å². The molecule has 160 valence electrons. The van der Waals surface area contributed by atoms with Crippen LogP contribution >= 0.6 is 0 Å². The molecule has 1 atom stereocenters. The molecule has 1 aromatic rings. The van der Waals surface area contributed by atoms with E-state index in [9.17, 15) is 14.0 Å². The second-order valence-electron chi connectivity index (χ2n) is 8.76. The van der Waals surface area contributed by atoms with Crippen molar-refractivity contribution in [2.45, 2.75) is 38.1 Å². The fourth-order valence-electron chi connectivity index (χ4n) is 4.79. The first kappa shape index (κ1) is 21.6. The fraction of sp³-hybridized carbons (Fsp3) is 0.636. The molecule has 0 saturated carbocycles. The van der Waals surface area contributed by atoms with Crippen LogP contribution in [0.5, 0.6) is 0 Å². The van der Waals surface area contributed by atoms with Gasteiger partial charge < -0.3 is 20.0 Å². The molecule has 7 heteroatoms. The van der Waals surface area contributed by atoms with E-state index in [1.165, 1.54) is 17.0 Å². The van der Waals surface area contributed by atoms with Crippen LogP contribution in [0.15, 0.2) is 24.3 Å². The first-order chi connectivity index (χ1) is 13.8. The summed E-state index contributed by atoms with van der Waals surface area (Å²) in [6.07, 6.45) is 4.28. The number of benzene rings is 1. The lowest BCUT2D eigenvalue weighted by Gasteiger charge is -2.53. The highest BCUT2D eigenvalue weighted by molar-refractivity contribution is 5.79. The number of likely N-dealkylation sites (tertiary alicyclic amines) is 2. The molecule has 3 rings (SSSR count). The fourth-order valence-corrected chi connectivity index (χ4v) is 4.79. The van der Waals surface area contributed by atoms with E-state index < -0.39 is 0 Å². The zero-order chi connectivity index (χ0) is 21.0. The number of urea groups is 1. The number of nitrogens with one attached hydrogen (secondary N) is 1. The predicted octanol–water partition coefficient (Wildman–Crippen LogP) is 2.34. The number of nitrogens with zero attached hydrogens (tertiary/aromatic N) is 3. The van der Waals surface area contributed by atoms with Gasteiger partial charge in [-0.05, 0) is 68.9 Å². The Balaban J connectivity index is 1.80. The van der Waals surface area contributed by atoms with Crippen molar-refractivity contribution in [3.63, 3.8) is 0 Å². The number of halogens is 1. The lowest BCUT2D eigenvalue weighted by atomic mass is 9.66. The minimum atomic E-state index is -0.324. The SMILES string of the molecule is CN1CCC2(CCCN(C(=O)Cc3cccc(F)c3)[C@@H]2CNC(=O)N(C)C)CC1. The van der Waals surface area contributed by atoms with E-state index in [1.807, 2.05) is 4.90 Å². The Labute approximate surface area is 173 Å². The van der Waals surface area contributed by atoms with Crippen LogP contribution in [0.3, 0.4) is 0 Å². The molecule has 2 aliphatic rings. The van der Waals surface area contributed by atoms with E-state index in [1.54, 1.807) is 26.2 Å². The van der Waals surface area contributed by atoms with Crippen LogP contribution in [0.1, 0.15) is 31.2 Å². The van der Waals surface area contributed by atoms with E-state index in [2.05, 4.69) is 17.3 Å². The number of hydrogen-bond donors (Lipinski definition) is 1. The minimum Gasteiger partial charge on any atom is -0.337 e. The molecule has 3 amide bonds. The van der Waals surface area contributed by atoms with Crippen LogP contribution in [0, 0.1) is 11.2 Å². The smallest absolute Gasteiger partial charge is 0.316 e. The molecule has 0 unspecified atom stereocenters. The summed E-state index contributed by atoms with van der Waals surface area (Å²) in [5.74, 6) is -0.312. The van der Waals surface area contributed by atoms with Crippen molar-refractivity contribution in [3.8, 4) is 0 Å². The number of carbonyl (C=O) groups is 2. The molecule has 2 saturated heterocycles. The first-order valence-corrected chi connectivity index (χ1v) is 10.5. The Morgan fingerprint density at radius 2 is 1.93 bits per heavy atom. The average Bonchev–Trinajstić information content (AvgIpc) is 2.69. The molecular formula is C22H33FN4O2.